The predicted molar refractivity (Wildman–Crippen MR) is 132 cm³/mol. The van der Waals surface area contributed by atoms with Crippen LogP contribution in [0.3, 0.4) is 0 Å². The Morgan fingerprint density at radius 2 is 1.85 bits per heavy atom. The van der Waals surface area contributed by atoms with Crippen molar-refractivity contribution < 1.29 is 14.3 Å². The van der Waals surface area contributed by atoms with Crippen LogP contribution in [0.15, 0.2) is 53.7 Å². The molecule has 1 aliphatic heterocycles. The maximum atomic E-state index is 13.0. The van der Waals surface area contributed by atoms with E-state index in [1.807, 2.05) is 36.4 Å². The molecule has 1 fully saturated rings. The number of ether oxygens (including phenoxy) is 2. The summed E-state index contributed by atoms with van der Waals surface area (Å²) in [6.07, 6.45) is 3.14. The molecule has 7 nitrogen and oxygen atoms in total. The van der Waals surface area contributed by atoms with E-state index in [1.54, 1.807) is 0 Å². The van der Waals surface area contributed by atoms with Gasteiger partial charge in [0.1, 0.15) is 5.82 Å². The Morgan fingerprint density at radius 3 is 2.59 bits per heavy atom. The lowest BCUT2D eigenvalue weighted by molar-refractivity contribution is -0.119. The predicted octanol–water partition coefficient (Wildman–Crippen LogP) is 4.91. The molecular formula is C26H30N4O3S. The molecule has 2 aromatic carbocycles. The van der Waals surface area contributed by atoms with E-state index >= 15 is 0 Å². The summed E-state index contributed by atoms with van der Waals surface area (Å²) >= 11 is 1.42. The average molecular weight is 479 g/mol. The van der Waals surface area contributed by atoms with Gasteiger partial charge in [-0.15, -0.1) is 10.2 Å². The van der Waals surface area contributed by atoms with Gasteiger partial charge < -0.3 is 14.8 Å². The molecular weight excluding hydrogens is 448 g/mol. The average Bonchev–Trinajstić information content (AvgIpc) is 3.64. The molecule has 5 rings (SSSR count). The van der Waals surface area contributed by atoms with Crippen LogP contribution in [-0.4, -0.2) is 39.6 Å². The summed E-state index contributed by atoms with van der Waals surface area (Å²) in [5.41, 5.74) is 2.05. The van der Waals surface area contributed by atoms with Gasteiger partial charge in [0.15, 0.2) is 16.7 Å². The van der Waals surface area contributed by atoms with Crippen LogP contribution >= 0.6 is 11.8 Å². The smallest absolute Gasteiger partial charge is 0.230 e. The third-order valence-corrected chi connectivity index (χ3v) is 6.99. The Balaban J connectivity index is 1.29. The quantitative estimate of drug-likeness (QED) is 0.464. The normalized spacial score (nSPS) is 16.2. The van der Waals surface area contributed by atoms with Gasteiger partial charge in [0, 0.05) is 18.0 Å². The number of amides is 1. The molecule has 178 valence electrons. The minimum atomic E-state index is -0.126. The molecule has 0 spiro atoms. The number of nitrogens with one attached hydrogen (secondary N) is 1. The molecule has 8 heteroatoms. The molecule has 3 aromatic rings. The van der Waals surface area contributed by atoms with Crippen molar-refractivity contribution in [2.75, 3.05) is 19.0 Å². The molecule has 34 heavy (non-hydrogen) atoms. The van der Waals surface area contributed by atoms with Crippen molar-refractivity contribution in [2.24, 2.45) is 5.92 Å². The highest BCUT2D eigenvalue weighted by molar-refractivity contribution is 7.99. The van der Waals surface area contributed by atoms with Crippen molar-refractivity contribution >= 4 is 17.7 Å². The first kappa shape index (κ1) is 22.8. The maximum Gasteiger partial charge on any atom is 0.230 e. The lowest BCUT2D eigenvalue weighted by Gasteiger charge is -2.24. The molecule has 1 aliphatic carbocycles. The topological polar surface area (TPSA) is 78.3 Å². The van der Waals surface area contributed by atoms with E-state index in [9.17, 15) is 4.79 Å². The van der Waals surface area contributed by atoms with E-state index in [4.69, 9.17) is 9.47 Å². The molecule has 0 saturated heterocycles. The second kappa shape index (κ2) is 10.1. The van der Waals surface area contributed by atoms with Gasteiger partial charge in [0.2, 0.25) is 5.91 Å². The van der Waals surface area contributed by atoms with E-state index in [2.05, 4.69) is 46.1 Å². The van der Waals surface area contributed by atoms with Crippen LogP contribution in [0.4, 0.5) is 0 Å². The molecule has 0 bridgehead atoms. The number of hydrogen-bond donors (Lipinski definition) is 1. The van der Waals surface area contributed by atoms with Gasteiger partial charge in [-0.05, 0) is 48.6 Å². The van der Waals surface area contributed by atoms with Crippen molar-refractivity contribution in [3.05, 3.63) is 59.9 Å². The van der Waals surface area contributed by atoms with Crippen LogP contribution in [0.2, 0.25) is 0 Å². The molecule has 2 heterocycles. The number of para-hydroxylation sites is 1. The zero-order valence-electron chi connectivity index (χ0n) is 19.6. The van der Waals surface area contributed by atoms with E-state index in [0.29, 0.717) is 19.1 Å². The number of carbonyl (C=O) groups is 1. The zero-order valence-corrected chi connectivity index (χ0v) is 20.4. The fraction of sp³-hybridized carbons (Fsp3) is 0.423. The summed E-state index contributed by atoms with van der Waals surface area (Å²) in [5, 5.41) is 12.8. The van der Waals surface area contributed by atoms with Gasteiger partial charge in [0.05, 0.1) is 25.0 Å². The van der Waals surface area contributed by atoms with Crippen molar-refractivity contribution in [1.82, 2.24) is 20.1 Å². The van der Waals surface area contributed by atoms with Gasteiger partial charge in [-0.3, -0.25) is 9.36 Å². The number of benzene rings is 2. The van der Waals surface area contributed by atoms with Crippen LogP contribution in [0.25, 0.3) is 5.69 Å². The minimum absolute atomic E-state index is 0.0357. The molecule has 0 unspecified atom stereocenters. The summed E-state index contributed by atoms with van der Waals surface area (Å²) in [5.74, 6) is 3.40. The summed E-state index contributed by atoms with van der Waals surface area (Å²) in [6, 6.07) is 15.9. The number of nitrogens with zero attached hydrogens (tertiary/aromatic N) is 3. The van der Waals surface area contributed by atoms with E-state index in [0.717, 1.165) is 53.0 Å². The Hall–Kier alpha value is -3.00. The van der Waals surface area contributed by atoms with Gasteiger partial charge in [-0.25, -0.2) is 0 Å². The third kappa shape index (κ3) is 5.06. The molecule has 1 atom stereocenters. The Kier molecular flexibility index (Phi) is 6.76. The van der Waals surface area contributed by atoms with Gasteiger partial charge in [-0.2, -0.15) is 0 Å². The van der Waals surface area contributed by atoms with Crippen LogP contribution in [0.5, 0.6) is 11.5 Å². The second-order valence-electron chi connectivity index (χ2n) is 9.12. The number of aromatic nitrogens is 3. The summed E-state index contributed by atoms with van der Waals surface area (Å²) in [7, 11) is 0. The standard InChI is InChI=1S/C26H30N4O3S/c1-17(2)24(19-11-12-21-22(15-19)33-14-6-13-32-21)27-23(31)16-34-26-29-28-25(18-9-10-18)30(26)20-7-4-3-5-8-20/h3-5,7-8,11-12,15,17-18,24H,6,9-10,13-14,16H2,1-2H3,(H,27,31)/t24-/m0/s1. The van der Waals surface area contributed by atoms with Crippen molar-refractivity contribution in [2.45, 2.75) is 50.2 Å². The first-order chi connectivity index (χ1) is 16.6. The Morgan fingerprint density at radius 1 is 1.09 bits per heavy atom. The van der Waals surface area contributed by atoms with Crippen LogP contribution < -0.4 is 14.8 Å². The highest BCUT2D eigenvalue weighted by atomic mass is 32.2. The molecule has 0 radical (unpaired) electrons. The van der Waals surface area contributed by atoms with Gasteiger partial charge >= 0.3 is 0 Å². The fourth-order valence-corrected chi connectivity index (χ4v) is 4.92. The Bertz CT molecular complexity index is 1140. The lowest BCUT2D eigenvalue weighted by Crippen LogP contribution is -2.33. The summed E-state index contributed by atoms with van der Waals surface area (Å²) < 4.78 is 13.7. The highest BCUT2D eigenvalue weighted by Gasteiger charge is 2.31. The molecule has 2 aliphatic rings. The maximum absolute atomic E-state index is 13.0. The molecule has 1 N–H and O–H groups in total. The van der Waals surface area contributed by atoms with Crippen molar-refractivity contribution in [1.29, 1.82) is 0 Å². The summed E-state index contributed by atoms with van der Waals surface area (Å²) in [6.45, 7) is 5.50. The largest absolute Gasteiger partial charge is 0.490 e. The van der Waals surface area contributed by atoms with Crippen molar-refractivity contribution in [3.8, 4) is 17.2 Å². The lowest BCUT2D eigenvalue weighted by atomic mass is 9.95. The monoisotopic (exact) mass is 478 g/mol. The van der Waals surface area contributed by atoms with E-state index in [1.165, 1.54) is 11.8 Å². The minimum Gasteiger partial charge on any atom is -0.490 e. The fourth-order valence-electron chi connectivity index (χ4n) is 4.15. The van der Waals surface area contributed by atoms with Gasteiger partial charge in [0.25, 0.3) is 0 Å². The van der Waals surface area contributed by atoms with Crippen LogP contribution in [0.1, 0.15) is 56.5 Å². The summed E-state index contributed by atoms with van der Waals surface area (Å²) in [4.78, 5) is 13.0. The number of thioether (sulfide) groups is 1. The molecule has 1 aromatic heterocycles. The molecule has 1 saturated carbocycles. The number of hydrogen-bond acceptors (Lipinski definition) is 6. The Labute approximate surface area is 204 Å². The second-order valence-corrected chi connectivity index (χ2v) is 10.1. The number of carbonyl (C=O) groups excluding carboxylic acids is 1. The first-order valence-corrected chi connectivity index (χ1v) is 12.9. The zero-order chi connectivity index (χ0) is 23.5. The highest BCUT2D eigenvalue weighted by Crippen LogP contribution is 2.41. The van der Waals surface area contributed by atoms with Gasteiger partial charge in [-0.1, -0.05) is 49.9 Å². The van der Waals surface area contributed by atoms with Crippen LogP contribution in [-0.2, 0) is 4.79 Å². The van der Waals surface area contributed by atoms with Crippen LogP contribution in [0, 0.1) is 5.92 Å². The SMILES string of the molecule is CC(C)[C@H](NC(=O)CSc1nnc(C2CC2)n1-c1ccccc1)c1ccc2c(c1)OCCCO2. The van der Waals surface area contributed by atoms with E-state index < -0.39 is 0 Å². The van der Waals surface area contributed by atoms with E-state index in [-0.39, 0.29) is 23.6 Å². The first-order valence-electron chi connectivity index (χ1n) is 11.9. The molecule has 1 amide bonds. The third-order valence-electron chi connectivity index (χ3n) is 6.06. The number of rotatable bonds is 8. The number of fused-ring (bicyclic) bond motifs is 1. The van der Waals surface area contributed by atoms with Crippen molar-refractivity contribution in [3.63, 3.8) is 0 Å².